The Morgan fingerprint density at radius 3 is 1.39 bits per heavy atom. The van der Waals surface area contributed by atoms with E-state index in [1.807, 2.05) is 68.4 Å². The summed E-state index contributed by atoms with van der Waals surface area (Å²) in [5, 5.41) is 3.56. The normalized spacial score (nSPS) is 12.1. The van der Waals surface area contributed by atoms with Crippen molar-refractivity contribution in [2.45, 2.75) is 24.4 Å². The predicted octanol–water partition coefficient (Wildman–Crippen LogP) is 4.44. The number of esters is 1. The molecule has 4 aromatic rings. The summed E-state index contributed by atoms with van der Waals surface area (Å²) in [4.78, 5) is 12.5. The van der Waals surface area contributed by atoms with Crippen LogP contribution in [0.25, 0.3) is 0 Å². The smallest absolute Gasteiger partial charge is 0.347 e. The highest BCUT2D eigenvalue weighted by Gasteiger charge is 2.53. The van der Waals surface area contributed by atoms with Crippen LogP contribution in [-0.2, 0) is 19.6 Å². The summed E-state index contributed by atoms with van der Waals surface area (Å²) in [6.45, 7) is 3.81. The van der Waals surface area contributed by atoms with Crippen molar-refractivity contribution in [1.82, 2.24) is 0 Å². The van der Waals surface area contributed by atoms with Crippen molar-refractivity contribution in [1.29, 1.82) is 0 Å². The van der Waals surface area contributed by atoms with Gasteiger partial charge in [-0.2, -0.15) is 0 Å². The summed E-state index contributed by atoms with van der Waals surface area (Å²) in [5.74, 6) is -0.176. The fourth-order valence-corrected chi connectivity index (χ4v) is 9.20. The van der Waals surface area contributed by atoms with Crippen LogP contribution in [0.15, 0.2) is 120 Å². The molecule has 1 unspecified atom stereocenters. The number of methoxy groups -OCH3 is 1. The van der Waals surface area contributed by atoms with Gasteiger partial charge >= 0.3 is 5.97 Å². The molecule has 0 aliphatic carbocycles. The zero-order valence-electron chi connectivity index (χ0n) is 20.4. The predicted molar refractivity (Wildman–Crippen MR) is 146 cm³/mol. The van der Waals surface area contributed by atoms with Gasteiger partial charge in [-0.25, -0.2) is 13.2 Å². The van der Waals surface area contributed by atoms with E-state index in [2.05, 4.69) is 36.4 Å². The molecule has 0 spiro atoms. The molecule has 0 aliphatic rings. The fraction of sp³-hybridized carbons (Fsp3) is 0.138. The van der Waals surface area contributed by atoms with Crippen molar-refractivity contribution in [2.75, 3.05) is 7.11 Å². The SMILES string of the molecule is COC(=O)C(C)[P+](c1ccccc1)(c1ccccc1)c1ccccc1.Cc1ccc(S(=O)(=O)[O-])cc1. The van der Waals surface area contributed by atoms with Crippen molar-refractivity contribution >= 4 is 39.3 Å². The number of rotatable bonds is 6. The number of ether oxygens (including phenoxy) is 1. The highest BCUT2D eigenvalue weighted by molar-refractivity contribution is 7.96. The summed E-state index contributed by atoms with van der Waals surface area (Å²) in [7, 11) is -4.99. The lowest BCUT2D eigenvalue weighted by Gasteiger charge is -2.31. The molecular weight excluding hydrogens is 491 g/mol. The Balaban J connectivity index is 0.000000275. The molecule has 0 radical (unpaired) electrons. The molecule has 7 heteroatoms. The highest BCUT2D eigenvalue weighted by Crippen LogP contribution is 2.59. The van der Waals surface area contributed by atoms with Crippen LogP contribution < -0.4 is 15.9 Å². The molecular formula is C29H29O5PS. The van der Waals surface area contributed by atoms with Crippen LogP contribution in [0.5, 0.6) is 0 Å². The molecule has 0 saturated carbocycles. The third kappa shape index (κ3) is 6.08. The third-order valence-corrected chi connectivity index (χ3v) is 11.5. The Labute approximate surface area is 213 Å². The maximum absolute atomic E-state index is 12.7. The fourth-order valence-electron chi connectivity index (χ4n) is 4.14. The molecule has 36 heavy (non-hydrogen) atoms. The molecule has 0 saturated heterocycles. The van der Waals surface area contributed by atoms with Gasteiger partial charge in [0.25, 0.3) is 0 Å². The molecule has 0 bridgehead atoms. The zero-order valence-corrected chi connectivity index (χ0v) is 22.2. The van der Waals surface area contributed by atoms with E-state index < -0.39 is 17.4 Å². The van der Waals surface area contributed by atoms with Crippen molar-refractivity contribution < 1.29 is 22.5 Å². The maximum Gasteiger partial charge on any atom is 0.347 e. The quantitative estimate of drug-likeness (QED) is 0.213. The van der Waals surface area contributed by atoms with Gasteiger partial charge in [-0.05, 0) is 62.4 Å². The monoisotopic (exact) mass is 520 g/mol. The van der Waals surface area contributed by atoms with Gasteiger partial charge in [-0.15, -0.1) is 0 Å². The minimum absolute atomic E-state index is 0.176. The van der Waals surface area contributed by atoms with Crippen LogP contribution in [0.2, 0.25) is 0 Å². The summed E-state index contributed by atoms with van der Waals surface area (Å²) in [6.07, 6.45) is 0. The van der Waals surface area contributed by atoms with Crippen molar-refractivity contribution in [3.8, 4) is 0 Å². The molecule has 0 amide bonds. The molecule has 0 aromatic heterocycles. The molecule has 0 fully saturated rings. The van der Waals surface area contributed by atoms with Crippen LogP contribution in [0.1, 0.15) is 12.5 Å². The van der Waals surface area contributed by atoms with Gasteiger partial charge < -0.3 is 9.29 Å². The van der Waals surface area contributed by atoms with Crippen LogP contribution >= 0.6 is 7.26 Å². The zero-order chi connectivity index (χ0) is 26.2. The molecule has 186 valence electrons. The summed E-state index contributed by atoms with van der Waals surface area (Å²) in [6, 6.07) is 36.9. The lowest BCUT2D eigenvalue weighted by atomic mass is 10.2. The van der Waals surface area contributed by atoms with E-state index in [-0.39, 0.29) is 16.5 Å². The molecule has 5 nitrogen and oxygen atoms in total. The second-order valence-electron chi connectivity index (χ2n) is 8.20. The van der Waals surface area contributed by atoms with Crippen LogP contribution in [-0.4, -0.2) is 31.7 Å². The minimum atomic E-state index is -4.27. The van der Waals surface area contributed by atoms with E-state index >= 15 is 0 Å². The van der Waals surface area contributed by atoms with Gasteiger partial charge in [0.1, 0.15) is 33.3 Å². The summed E-state index contributed by atoms with van der Waals surface area (Å²) < 4.78 is 36.3. The molecule has 0 heterocycles. The van der Waals surface area contributed by atoms with Gasteiger partial charge in [0, 0.05) is 0 Å². The molecule has 4 aromatic carbocycles. The van der Waals surface area contributed by atoms with E-state index in [9.17, 15) is 17.8 Å². The van der Waals surface area contributed by atoms with Gasteiger partial charge in [-0.3, -0.25) is 0 Å². The standard InChI is InChI=1S/C22H22O2P.C7H8O3S/c1-18(22(23)24-2)25(19-12-6-3-7-13-19,20-14-8-4-9-15-20)21-16-10-5-11-17-21;1-6-2-4-7(5-3-6)11(8,9)10/h3-18H,1-2H3;2-5H,1H3,(H,8,9,10)/q+1;/p-1. The molecule has 0 N–H and O–H groups in total. The van der Waals surface area contributed by atoms with Gasteiger partial charge in [0.05, 0.1) is 12.0 Å². The van der Waals surface area contributed by atoms with Crippen molar-refractivity contribution in [2.24, 2.45) is 0 Å². The average Bonchev–Trinajstić information content (AvgIpc) is 2.90. The lowest BCUT2D eigenvalue weighted by molar-refractivity contribution is -0.139. The molecule has 1 atom stereocenters. The van der Waals surface area contributed by atoms with Crippen molar-refractivity contribution in [3.63, 3.8) is 0 Å². The van der Waals surface area contributed by atoms with E-state index in [0.29, 0.717) is 0 Å². The van der Waals surface area contributed by atoms with E-state index in [4.69, 9.17) is 4.74 Å². The Morgan fingerprint density at radius 2 is 1.08 bits per heavy atom. The second-order valence-corrected chi connectivity index (χ2v) is 13.3. The van der Waals surface area contributed by atoms with E-state index in [1.165, 1.54) is 35.2 Å². The van der Waals surface area contributed by atoms with Gasteiger partial charge in [0.2, 0.25) is 0 Å². The summed E-state index contributed by atoms with van der Waals surface area (Å²) in [5.41, 5.74) is 0.655. The first-order valence-electron chi connectivity index (χ1n) is 11.4. The maximum atomic E-state index is 12.7. The van der Waals surface area contributed by atoms with Gasteiger partial charge in [-0.1, -0.05) is 72.3 Å². The first-order valence-corrected chi connectivity index (χ1v) is 14.6. The van der Waals surface area contributed by atoms with Crippen LogP contribution in [0.4, 0.5) is 0 Å². The largest absolute Gasteiger partial charge is 0.744 e. The topological polar surface area (TPSA) is 83.5 Å². The van der Waals surface area contributed by atoms with E-state index in [1.54, 1.807) is 12.1 Å². The first kappa shape index (κ1) is 27.3. The molecule has 0 aliphatic heterocycles. The average molecular weight is 521 g/mol. The number of hydrogen-bond donors (Lipinski definition) is 0. The van der Waals surface area contributed by atoms with Gasteiger partial charge in [0.15, 0.2) is 5.66 Å². The Hall–Kier alpha value is -3.31. The second kappa shape index (κ2) is 12.1. The highest BCUT2D eigenvalue weighted by atomic mass is 32.2. The van der Waals surface area contributed by atoms with Crippen molar-refractivity contribution in [3.05, 3.63) is 121 Å². The number of hydrogen-bond acceptors (Lipinski definition) is 5. The lowest BCUT2D eigenvalue weighted by Crippen LogP contribution is -2.41. The minimum Gasteiger partial charge on any atom is -0.744 e. The van der Waals surface area contributed by atoms with E-state index in [0.717, 1.165) is 5.56 Å². The third-order valence-electron chi connectivity index (χ3n) is 5.92. The first-order chi connectivity index (χ1) is 17.2. The number of aryl methyl sites for hydroxylation is 1. The number of carbonyl (C=O) groups excluding carboxylic acids is 1. The molecule has 4 rings (SSSR count). The van der Waals surface area contributed by atoms with Crippen LogP contribution in [0.3, 0.4) is 0 Å². The number of carbonyl (C=O) groups is 1. The Morgan fingerprint density at radius 1 is 0.722 bits per heavy atom. The van der Waals surface area contributed by atoms with Crippen LogP contribution in [0, 0.1) is 6.92 Å². The summed E-state index contributed by atoms with van der Waals surface area (Å²) >= 11 is 0. The number of benzene rings is 4. The Bertz CT molecular complexity index is 1260. The Kier molecular flexibility index (Phi) is 9.16.